The number of likely N-dealkylation sites (N-methyl/N-ethyl adjacent to an activating group) is 1. The Balaban J connectivity index is 2.16. The van der Waals surface area contributed by atoms with E-state index in [4.69, 9.17) is 4.74 Å². The van der Waals surface area contributed by atoms with Crippen molar-refractivity contribution in [3.05, 3.63) is 29.6 Å². The Bertz CT molecular complexity index is 774. The van der Waals surface area contributed by atoms with Gasteiger partial charge in [0.1, 0.15) is 11.4 Å². The van der Waals surface area contributed by atoms with Gasteiger partial charge in [-0.05, 0) is 58.2 Å². The molecule has 1 atom stereocenters. The number of carbonyl (C=O) groups is 1. The second-order valence-corrected chi connectivity index (χ2v) is 9.60. The quantitative estimate of drug-likeness (QED) is 0.800. The largest absolute Gasteiger partial charge is 0.444 e. The number of halogens is 1. The zero-order valence-electron chi connectivity index (χ0n) is 16.0. The average Bonchev–Trinajstić information content (AvgIpc) is 2.55. The molecule has 8 heteroatoms. The molecule has 0 aliphatic carbocycles. The van der Waals surface area contributed by atoms with Crippen molar-refractivity contribution in [2.24, 2.45) is 0 Å². The third-order valence-electron chi connectivity index (χ3n) is 4.37. The van der Waals surface area contributed by atoms with Crippen LogP contribution in [0.4, 0.5) is 9.18 Å². The second kappa shape index (κ2) is 7.52. The van der Waals surface area contributed by atoms with Crippen LogP contribution in [0.2, 0.25) is 0 Å². The van der Waals surface area contributed by atoms with Gasteiger partial charge in [0.05, 0.1) is 4.90 Å². The van der Waals surface area contributed by atoms with Crippen LogP contribution in [0.25, 0.3) is 0 Å². The van der Waals surface area contributed by atoms with Gasteiger partial charge in [-0.25, -0.2) is 17.6 Å². The van der Waals surface area contributed by atoms with E-state index in [1.165, 1.54) is 21.3 Å². The first kappa shape index (κ1) is 20.6. The van der Waals surface area contributed by atoms with E-state index < -0.39 is 27.5 Å². The molecule has 6 nitrogen and oxygen atoms in total. The first-order valence-electron chi connectivity index (χ1n) is 8.64. The van der Waals surface area contributed by atoms with Gasteiger partial charge in [-0.3, -0.25) is 0 Å². The van der Waals surface area contributed by atoms with Gasteiger partial charge in [0.2, 0.25) is 10.0 Å². The summed E-state index contributed by atoms with van der Waals surface area (Å²) in [6.45, 7) is 7.43. The van der Waals surface area contributed by atoms with Gasteiger partial charge in [0, 0.05) is 26.2 Å². The predicted octanol–water partition coefficient (Wildman–Crippen LogP) is 3.15. The number of hydrogen-bond donors (Lipinski definition) is 0. The highest BCUT2D eigenvalue weighted by Crippen LogP contribution is 2.24. The molecule has 1 aromatic rings. The van der Waals surface area contributed by atoms with Gasteiger partial charge in [-0.15, -0.1) is 0 Å². The highest BCUT2D eigenvalue weighted by molar-refractivity contribution is 7.89. The Morgan fingerprint density at radius 2 is 2.00 bits per heavy atom. The van der Waals surface area contributed by atoms with Gasteiger partial charge in [0.25, 0.3) is 0 Å². The van der Waals surface area contributed by atoms with Crippen molar-refractivity contribution in [3.8, 4) is 0 Å². The van der Waals surface area contributed by atoms with Crippen LogP contribution in [0, 0.1) is 12.7 Å². The number of rotatable bonds is 3. The van der Waals surface area contributed by atoms with Crippen LogP contribution in [0.1, 0.15) is 39.2 Å². The summed E-state index contributed by atoms with van der Waals surface area (Å²) >= 11 is 0. The van der Waals surface area contributed by atoms with Gasteiger partial charge in [0.15, 0.2) is 0 Å². The normalized spacial score (nSPS) is 19.2. The van der Waals surface area contributed by atoms with E-state index in [2.05, 4.69) is 0 Å². The van der Waals surface area contributed by atoms with Crippen LogP contribution >= 0.6 is 0 Å². The van der Waals surface area contributed by atoms with Crippen LogP contribution in [-0.4, -0.2) is 55.5 Å². The molecule has 146 valence electrons. The highest BCUT2D eigenvalue weighted by atomic mass is 32.2. The summed E-state index contributed by atoms with van der Waals surface area (Å²) in [4.78, 5) is 13.6. The molecule has 2 rings (SSSR count). The molecule has 1 aromatic carbocycles. The summed E-state index contributed by atoms with van der Waals surface area (Å²) in [6, 6.07) is 3.63. The maximum Gasteiger partial charge on any atom is 0.410 e. The monoisotopic (exact) mass is 386 g/mol. The zero-order valence-corrected chi connectivity index (χ0v) is 16.8. The average molecular weight is 386 g/mol. The van der Waals surface area contributed by atoms with E-state index in [1.54, 1.807) is 34.7 Å². The van der Waals surface area contributed by atoms with Gasteiger partial charge >= 0.3 is 6.09 Å². The molecule has 1 fully saturated rings. The SMILES string of the molecule is Cc1ccc(S(=O)(=O)N2CCCC(N(C)C(=O)OC(C)(C)C)C2)cc1F. The van der Waals surface area contributed by atoms with Crippen molar-refractivity contribution in [3.63, 3.8) is 0 Å². The van der Waals surface area contributed by atoms with Crippen LogP contribution in [0.5, 0.6) is 0 Å². The molecule has 0 radical (unpaired) electrons. The van der Waals surface area contributed by atoms with E-state index in [1.807, 2.05) is 0 Å². The molecule has 1 amide bonds. The van der Waals surface area contributed by atoms with Crippen molar-refractivity contribution < 1.29 is 22.3 Å². The van der Waals surface area contributed by atoms with E-state index in [-0.39, 0.29) is 17.5 Å². The maximum absolute atomic E-state index is 13.8. The molecule has 0 aromatic heterocycles. The maximum atomic E-state index is 13.8. The standard InChI is InChI=1S/C18H27FN2O4S/c1-13-8-9-15(11-16(13)19)26(23,24)21-10-6-7-14(12-21)20(5)17(22)25-18(2,3)4/h8-9,11,14H,6-7,10,12H2,1-5H3. The lowest BCUT2D eigenvalue weighted by molar-refractivity contribution is 0.0173. The van der Waals surface area contributed by atoms with Crippen molar-refractivity contribution in [1.29, 1.82) is 0 Å². The molecule has 1 heterocycles. The first-order chi connectivity index (χ1) is 11.9. The molecule has 1 unspecified atom stereocenters. The number of benzene rings is 1. The number of nitrogens with zero attached hydrogens (tertiary/aromatic N) is 2. The smallest absolute Gasteiger partial charge is 0.410 e. The van der Waals surface area contributed by atoms with Crippen LogP contribution < -0.4 is 0 Å². The topological polar surface area (TPSA) is 66.9 Å². The fourth-order valence-corrected chi connectivity index (χ4v) is 4.35. The highest BCUT2D eigenvalue weighted by Gasteiger charge is 2.34. The number of aryl methyl sites for hydroxylation is 1. The summed E-state index contributed by atoms with van der Waals surface area (Å²) in [5, 5.41) is 0. The minimum atomic E-state index is -3.81. The van der Waals surface area contributed by atoms with Crippen molar-refractivity contribution in [2.45, 2.75) is 57.1 Å². The molecule has 0 N–H and O–H groups in total. The molecular weight excluding hydrogens is 359 g/mol. The minimum absolute atomic E-state index is 0.0684. The summed E-state index contributed by atoms with van der Waals surface area (Å²) in [7, 11) is -2.20. The lowest BCUT2D eigenvalue weighted by atomic mass is 10.1. The molecule has 0 bridgehead atoms. The molecule has 1 saturated heterocycles. The first-order valence-corrected chi connectivity index (χ1v) is 10.1. The molecule has 0 saturated carbocycles. The Morgan fingerprint density at radius 3 is 2.58 bits per heavy atom. The summed E-state index contributed by atoms with van der Waals surface area (Å²) in [6.07, 6.45) is 0.818. The molecular formula is C18H27FN2O4S. The number of carbonyl (C=O) groups excluding carboxylic acids is 1. The summed E-state index contributed by atoms with van der Waals surface area (Å²) in [5.74, 6) is -0.550. The Hall–Kier alpha value is -1.67. The molecule has 26 heavy (non-hydrogen) atoms. The van der Waals surface area contributed by atoms with Crippen LogP contribution in [0.3, 0.4) is 0 Å². The zero-order chi connectivity index (χ0) is 19.7. The molecule has 1 aliphatic rings. The number of ether oxygens (including phenoxy) is 1. The fourth-order valence-electron chi connectivity index (χ4n) is 2.82. The van der Waals surface area contributed by atoms with E-state index in [0.29, 0.717) is 24.9 Å². The van der Waals surface area contributed by atoms with E-state index in [9.17, 15) is 17.6 Å². The van der Waals surface area contributed by atoms with Gasteiger partial charge in [-0.1, -0.05) is 6.07 Å². The van der Waals surface area contributed by atoms with Crippen LogP contribution in [-0.2, 0) is 14.8 Å². The second-order valence-electron chi connectivity index (χ2n) is 7.66. The number of sulfonamides is 1. The van der Waals surface area contributed by atoms with Crippen molar-refractivity contribution in [2.75, 3.05) is 20.1 Å². The minimum Gasteiger partial charge on any atom is -0.444 e. The Morgan fingerprint density at radius 1 is 1.35 bits per heavy atom. The van der Waals surface area contributed by atoms with Crippen molar-refractivity contribution >= 4 is 16.1 Å². The fraction of sp³-hybridized carbons (Fsp3) is 0.611. The Labute approximate surface area is 155 Å². The van der Waals surface area contributed by atoms with E-state index in [0.717, 1.165) is 6.07 Å². The summed E-state index contributed by atoms with van der Waals surface area (Å²) in [5.41, 5.74) is -0.226. The van der Waals surface area contributed by atoms with Gasteiger partial charge < -0.3 is 9.64 Å². The lowest BCUT2D eigenvalue weighted by Gasteiger charge is -2.37. The lowest BCUT2D eigenvalue weighted by Crippen LogP contribution is -2.51. The number of piperidine rings is 1. The molecule has 0 spiro atoms. The van der Waals surface area contributed by atoms with E-state index >= 15 is 0 Å². The predicted molar refractivity (Wildman–Crippen MR) is 96.9 cm³/mol. The molecule has 1 aliphatic heterocycles. The summed E-state index contributed by atoms with van der Waals surface area (Å²) < 4.78 is 46.1. The number of amides is 1. The van der Waals surface area contributed by atoms with Gasteiger partial charge in [-0.2, -0.15) is 4.31 Å². The third-order valence-corrected chi connectivity index (χ3v) is 6.23. The van der Waals surface area contributed by atoms with Crippen LogP contribution in [0.15, 0.2) is 23.1 Å². The third kappa shape index (κ3) is 4.73. The number of hydrogen-bond acceptors (Lipinski definition) is 4. The Kier molecular flexibility index (Phi) is 5.97. The van der Waals surface area contributed by atoms with Crippen molar-refractivity contribution in [1.82, 2.24) is 9.21 Å².